The summed E-state index contributed by atoms with van der Waals surface area (Å²) in [5, 5.41) is 10.0. The van der Waals surface area contributed by atoms with Crippen molar-refractivity contribution in [2.75, 3.05) is 0 Å². The lowest BCUT2D eigenvalue weighted by molar-refractivity contribution is 0.0954. The van der Waals surface area contributed by atoms with Gasteiger partial charge in [0.2, 0.25) is 0 Å². The monoisotopic (exact) mass is 303 g/mol. The number of amides is 1. The zero-order chi connectivity index (χ0) is 15.0. The second-order valence-electron chi connectivity index (χ2n) is 4.67. The van der Waals surface area contributed by atoms with E-state index in [-0.39, 0.29) is 11.5 Å². The summed E-state index contributed by atoms with van der Waals surface area (Å²) in [5.74, 6) is -0.212. The molecule has 3 N–H and O–H groups in total. The Morgan fingerprint density at radius 3 is 2.90 bits per heavy atom. The standard InChI is InChI=1S/C13H13N5O2S/c1-6-9-11(19)15-5-16-13(9)21-10(6)12(20)14-3-8-4-17-18-7(8)2/h4-5H,3H2,1-2H3,(H,14,20)(H,17,18)(H,15,16,19). The van der Waals surface area contributed by atoms with Crippen LogP contribution in [0, 0.1) is 13.8 Å². The maximum atomic E-state index is 12.3. The summed E-state index contributed by atoms with van der Waals surface area (Å²) in [6.45, 7) is 4.04. The molecule has 0 aromatic carbocycles. The van der Waals surface area contributed by atoms with Gasteiger partial charge in [0.05, 0.1) is 22.8 Å². The summed E-state index contributed by atoms with van der Waals surface area (Å²) in [7, 11) is 0. The molecule has 7 nitrogen and oxygen atoms in total. The van der Waals surface area contributed by atoms with Gasteiger partial charge in [0.1, 0.15) is 4.83 Å². The lowest BCUT2D eigenvalue weighted by Crippen LogP contribution is -2.22. The van der Waals surface area contributed by atoms with Crippen molar-refractivity contribution < 1.29 is 4.79 Å². The van der Waals surface area contributed by atoms with Crippen molar-refractivity contribution in [2.24, 2.45) is 0 Å². The molecular weight excluding hydrogens is 290 g/mol. The lowest BCUT2D eigenvalue weighted by atomic mass is 10.2. The third-order valence-electron chi connectivity index (χ3n) is 3.31. The van der Waals surface area contributed by atoms with Crippen molar-refractivity contribution in [1.29, 1.82) is 0 Å². The molecule has 0 radical (unpaired) electrons. The molecule has 3 aromatic rings. The second-order valence-corrected chi connectivity index (χ2v) is 5.67. The third-order valence-corrected chi connectivity index (χ3v) is 4.51. The first-order chi connectivity index (χ1) is 10.1. The van der Waals surface area contributed by atoms with Crippen molar-refractivity contribution in [3.63, 3.8) is 0 Å². The number of thiophene rings is 1. The summed E-state index contributed by atoms with van der Waals surface area (Å²) < 4.78 is 0. The Bertz CT molecular complexity index is 876. The number of hydrogen-bond acceptors (Lipinski definition) is 5. The Labute approximate surface area is 123 Å². The molecule has 0 spiro atoms. The predicted molar refractivity (Wildman–Crippen MR) is 79.5 cm³/mol. The van der Waals surface area contributed by atoms with Crippen molar-refractivity contribution >= 4 is 27.5 Å². The molecule has 0 unspecified atom stereocenters. The molecule has 0 aliphatic rings. The van der Waals surface area contributed by atoms with E-state index in [9.17, 15) is 9.59 Å². The van der Waals surface area contributed by atoms with E-state index in [0.29, 0.717) is 27.2 Å². The first kappa shape index (κ1) is 13.5. The molecule has 21 heavy (non-hydrogen) atoms. The fourth-order valence-electron chi connectivity index (χ4n) is 2.10. The largest absolute Gasteiger partial charge is 0.347 e. The number of aromatic amines is 2. The van der Waals surface area contributed by atoms with Crippen LogP contribution in [-0.2, 0) is 6.54 Å². The van der Waals surface area contributed by atoms with Gasteiger partial charge in [-0.1, -0.05) is 0 Å². The quantitative estimate of drug-likeness (QED) is 0.677. The maximum Gasteiger partial charge on any atom is 0.261 e. The van der Waals surface area contributed by atoms with Crippen LogP contribution in [0.4, 0.5) is 0 Å². The van der Waals surface area contributed by atoms with E-state index in [4.69, 9.17) is 0 Å². The number of H-pyrrole nitrogens is 2. The van der Waals surface area contributed by atoms with Crippen molar-refractivity contribution in [1.82, 2.24) is 25.5 Å². The van der Waals surface area contributed by atoms with Crippen LogP contribution in [0.2, 0.25) is 0 Å². The minimum absolute atomic E-state index is 0.212. The van der Waals surface area contributed by atoms with Gasteiger partial charge < -0.3 is 10.3 Å². The average Bonchev–Trinajstić information content (AvgIpc) is 3.01. The minimum Gasteiger partial charge on any atom is -0.347 e. The number of carbonyl (C=O) groups is 1. The molecule has 3 rings (SSSR count). The molecule has 3 heterocycles. The van der Waals surface area contributed by atoms with E-state index in [2.05, 4.69) is 25.5 Å². The van der Waals surface area contributed by atoms with Crippen LogP contribution in [-0.4, -0.2) is 26.1 Å². The van der Waals surface area contributed by atoms with Gasteiger partial charge >= 0.3 is 0 Å². The Morgan fingerprint density at radius 2 is 2.24 bits per heavy atom. The highest BCUT2D eigenvalue weighted by molar-refractivity contribution is 7.20. The first-order valence-corrected chi connectivity index (χ1v) is 7.13. The first-order valence-electron chi connectivity index (χ1n) is 6.31. The summed E-state index contributed by atoms with van der Waals surface area (Å²) in [4.78, 5) is 31.8. The number of nitrogens with one attached hydrogen (secondary N) is 3. The third kappa shape index (κ3) is 2.33. The Kier molecular flexibility index (Phi) is 3.30. The summed E-state index contributed by atoms with van der Waals surface area (Å²) in [5.41, 5.74) is 2.28. The number of aromatic nitrogens is 4. The average molecular weight is 303 g/mol. The van der Waals surface area contributed by atoms with Crippen LogP contribution in [0.1, 0.15) is 26.5 Å². The van der Waals surface area contributed by atoms with Crippen LogP contribution in [0.5, 0.6) is 0 Å². The van der Waals surface area contributed by atoms with Gasteiger partial charge in [0.15, 0.2) is 0 Å². The van der Waals surface area contributed by atoms with E-state index in [1.807, 2.05) is 6.92 Å². The van der Waals surface area contributed by atoms with Gasteiger partial charge in [0.25, 0.3) is 11.5 Å². The predicted octanol–water partition coefficient (Wildman–Crippen LogP) is 1.25. The van der Waals surface area contributed by atoms with Crippen LogP contribution in [0.25, 0.3) is 10.2 Å². The highest BCUT2D eigenvalue weighted by Gasteiger charge is 2.18. The Balaban J connectivity index is 1.88. The van der Waals surface area contributed by atoms with Crippen LogP contribution in [0.3, 0.4) is 0 Å². The van der Waals surface area contributed by atoms with Gasteiger partial charge in [-0.05, 0) is 19.4 Å². The van der Waals surface area contributed by atoms with E-state index < -0.39 is 0 Å². The Morgan fingerprint density at radius 1 is 1.43 bits per heavy atom. The molecule has 0 bridgehead atoms. The number of fused-ring (bicyclic) bond motifs is 1. The molecule has 0 saturated carbocycles. The molecule has 0 saturated heterocycles. The molecule has 0 atom stereocenters. The molecule has 0 fully saturated rings. The van der Waals surface area contributed by atoms with E-state index >= 15 is 0 Å². The molecule has 3 aromatic heterocycles. The highest BCUT2D eigenvalue weighted by atomic mass is 32.1. The van der Waals surface area contributed by atoms with Crippen molar-refractivity contribution in [3.8, 4) is 0 Å². The smallest absolute Gasteiger partial charge is 0.261 e. The highest BCUT2D eigenvalue weighted by Crippen LogP contribution is 2.26. The number of hydrogen-bond donors (Lipinski definition) is 3. The summed E-state index contributed by atoms with van der Waals surface area (Å²) >= 11 is 1.22. The van der Waals surface area contributed by atoms with Crippen molar-refractivity contribution in [2.45, 2.75) is 20.4 Å². The van der Waals surface area contributed by atoms with E-state index in [1.165, 1.54) is 17.7 Å². The molecular formula is C13H13N5O2S. The Hall–Kier alpha value is -2.48. The molecule has 0 aliphatic carbocycles. The van der Waals surface area contributed by atoms with Gasteiger partial charge in [0, 0.05) is 17.8 Å². The number of aryl methyl sites for hydroxylation is 2. The zero-order valence-corrected chi connectivity index (χ0v) is 12.3. The van der Waals surface area contributed by atoms with Gasteiger partial charge in [-0.15, -0.1) is 11.3 Å². The van der Waals surface area contributed by atoms with Gasteiger partial charge in [-0.25, -0.2) is 4.98 Å². The number of rotatable bonds is 3. The normalized spacial score (nSPS) is 11.0. The fraction of sp³-hybridized carbons (Fsp3) is 0.231. The number of carbonyl (C=O) groups excluding carboxylic acids is 1. The summed E-state index contributed by atoms with van der Waals surface area (Å²) in [6, 6.07) is 0. The minimum atomic E-state index is -0.224. The molecule has 1 amide bonds. The summed E-state index contributed by atoms with van der Waals surface area (Å²) in [6.07, 6.45) is 3.02. The maximum absolute atomic E-state index is 12.3. The van der Waals surface area contributed by atoms with Crippen LogP contribution in [0.15, 0.2) is 17.3 Å². The van der Waals surface area contributed by atoms with Crippen LogP contribution >= 0.6 is 11.3 Å². The second kappa shape index (κ2) is 5.13. The van der Waals surface area contributed by atoms with Gasteiger partial charge in [-0.3, -0.25) is 14.7 Å². The SMILES string of the molecule is Cc1[nH]ncc1CNC(=O)c1sc2nc[nH]c(=O)c2c1C. The van der Waals surface area contributed by atoms with Gasteiger partial charge in [-0.2, -0.15) is 5.10 Å². The van der Waals surface area contributed by atoms with Crippen molar-refractivity contribution in [3.05, 3.63) is 44.6 Å². The zero-order valence-electron chi connectivity index (χ0n) is 11.5. The topological polar surface area (TPSA) is 104 Å². The molecule has 108 valence electrons. The molecule has 0 aliphatic heterocycles. The van der Waals surface area contributed by atoms with E-state index in [0.717, 1.165) is 11.3 Å². The number of nitrogens with zero attached hydrogens (tertiary/aromatic N) is 2. The lowest BCUT2D eigenvalue weighted by Gasteiger charge is -2.03. The molecule has 8 heteroatoms. The van der Waals surface area contributed by atoms with E-state index in [1.54, 1.807) is 13.1 Å². The fourth-order valence-corrected chi connectivity index (χ4v) is 3.17. The van der Waals surface area contributed by atoms with Crippen LogP contribution < -0.4 is 10.9 Å².